The van der Waals surface area contributed by atoms with Gasteiger partial charge in [0.15, 0.2) is 0 Å². The van der Waals surface area contributed by atoms with Gasteiger partial charge in [0.2, 0.25) is 0 Å². The minimum atomic E-state index is -1.02. The molecule has 0 radical (unpaired) electrons. The van der Waals surface area contributed by atoms with E-state index < -0.39 is 11.6 Å². The summed E-state index contributed by atoms with van der Waals surface area (Å²) in [5.41, 5.74) is -1.02. The van der Waals surface area contributed by atoms with Gasteiger partial charge in [0.25, 0.3) is 0 Å². The lowest BCUT2D eigenvalue weighted by Crippen LogP contribution is -2.31. The van der Waals surface area contributed by atoms with E-state index in [2.05, 4.69) is 0 Å². The van der Waals surface area contributed by atoms with Crippen molar-refractivity contribution >= 4 is 5.97 Å². The van der Waals surface area contributed by atoms with Gasteiger partial charge in [-0.3, -0.25) is 4.79 Å². The molecule has 72 valence electrons. The third-order valence-corrected chi connectivity index (χ3v) is 1.49. The summed E-state index contributed by atoms with van der Waals surface area (Å²) in [5, 5.41) is 17.9. The first-order valence-corrected chi connectivity index (χ1v) is 4.00. The van der Waals surface area contributed by atoms with E-state index in [4.69, 9.17) is 9.84 Å². The highest BCUT2D eigenvalue weighted by Gasteiger charge is 2.21. The van der Waals surface area contributed by atoms with Crippen LogP contribution in [0.5, 0.6) is 0 Å². The third kappa shape index (κ3) is 6.12. The van der Waals surface area contributed by atoms with Crippen molar-refractivity contribution in [3.8, 4) is 0 Å². The standard InChI is InChI=1S/C8H16O4/c1-3-12-6-8(2,11)5-4-7(9)10/h11H,3-6H2,1-2H3,(H,9,10). The van der Waals surface area contributed by atoms with E-state index in [0.29, 0.717) is 6.61 Å². The Balaban J connectivity index is 3.63. The summed E-state index contributed by atoms with van der Waals surface area (Å²) >= 11 is 0. The summed E-state index contributed by atoms with van der Waals surface area (Å²) in [6.07, 6.45) is 0.197. The minimum Gasteiger partial charge on any atom is -0.481 e. The second-order valence-corrected chi connectivity index (χ2v) is 3.03. The maximum absolute atomic E-state index is 10.2. The molecule has 1 atom stereocenters. The van der Waals surface area contributed by atoms with Crippen LogP contribution in [0.4, 0.5) is 0 Å². The Hall–Kier alpha value is -0.610. The van der Waals surface area contributed by atoms with Gasteiger partial charge in [-0.25, -0.2) is 0 Å². The van der Waals surface area contributed by atoms with Gasteiger partial charge in [0, 0.05) is 13.0 Å². The SMILES string of the molecule is CCOCC(C)(O)CCC(=O)O. The van der Waals surface area contributed by atoms with Gasteiger partial charge >= 0.3 is 5.97 Å². The summed E-state index contributed by atoms with van der Waals surface area (Å²) in [6, 6.07) is 0. The molecule has 0 aliphatic carbocycles. The Kier molecular flexibility index (Phi) is 4.85. The van der Waals surface area contributed by atoms with Crippen LogP contribution in [-0.4, -0.2) is 35.0 Å². The largest absolute Gasteiger partial charge is 0.481 e. The van der Waals surface area contributed by atoms with Crippen LogP contribution in [0.15, 0.2) is 0 Å². The molecular formula is C8H16O4. The zero-order valence-electron chi connectivity index (χ0n) is 7.54. The minimum absolute atomic E-state index is 0.0277. The summed E-state index contributed by atoms with van der Waals surface area (Å²) in [4.78, 5) is 10.2. The predicted octanol–water partition coefficient (Wildman–Crippen LogP) is 0.639. The molecule has 0 bridgehead atoms. The highest BCUT2D eigenvalue weighted by Crippen LogP contribution is 2.12. The van der Waals surface area contributed by atoms with E-state index in [1.165, 1.54) is 0 Å². The molecule has 0 heterocycles. The van der Waals surface area contributed by atoms with Crippen LogP contribution in [0.2, 0.25) is 0 Å². The number of hydrogen-bond donors (Lipinski definition) is 2. The second kappa shape index (κ2) is 5.11. The molecule has 0 aromatic carbocycles. The van der Waals surface area contributed by atoms with Crippen molar-refractivity contribution in [1.29, 1.82) is 0 Å². The van der Waals surface area contributed by atoms with Crippen molar-refractivity contribution in [2.45, 2.75) is 32.3 Å². The molecule has 4 heteroatoms. The maximum Gasteiger partial charge on any atom is 0.303 e. The van der Waals surface area contributed by atoms with E-state index in [1.807, 2.05) is 6.92 Å². The monoisotopic (exact) mass is 176 g/mol. The van der Waals surface area contributed by atoms with Crippen molar-refractivity contribution in [2.24, 2.45) is 0 Å². The predicted molar refractivity (Wildman–Crippen MR) is 44.0 cm³/mol. The first-order chi connectivity index (χ1) is 5.48. The molecule has 0 aliphatic heterocycles. The quantitative estimate of drug-likeness (QED) is 0.623. The number of aliphatic carboxylic acids is 1. The van der Waals surface area contributed by atoms with Crippen molar-refractivity contribution in [3.05, 3.63) is 0 Å². The Bertz CT molecular complexity index is 142. The van der Waals surface area contributed by atoms with E-state index in [0.717, 1.165) is 0 Å². The van der Waals surface area contributed by atoms with Crippen LogP contribution in [0, 0.1) is 0 Å². The second-order valence-electron chi connectivity index (χ2n) is 3.03. The van der Waals surface area contributed by atoms with E-state index in [-0.39, 0.29) is 19.4 Å². The molecule has 0 amide bonds. The zero-order valence-corrected chi connectivity index (χ0v) is 7.54. The average molecular weight is 176 g/mol. The van der Waals surface area contributed by atoms with Gasteiger partial charge < -0.3 is 14.9 Å². The maximum atomic E-state index is 10.2. The Morgan fingerprint density at radius 3 is 2.58 bits per heavy atom. The van der Waals surface area contributed by atoms with Crippen molar-refractivity contribution in [2.75, 3.05) is 13.2 Å². The van der Waals surface area contributed by atoms with Gasteiger partial charge in [-0.2, -0.15) is 0 Å². The lowest BCUT2D eigenvalue weighted by Gasteiger charge is -2.21. The molecule has 2 N–H and O–H groups in total. The van der Waals surface area contributed by atoms with Crippen molar-refractivity contribution < 1.29 is 19.7 Å². The number of aliphatic hydroxyl groups is 1. The molecule has 4 nitrogen and oxygen atoms in total. The fourth-order valence-electron chi connectivity index (χ4n) is 0.770. The van der Waals surface area contributed by atoms with Crippen LogP contribution in [0.3, 0.4) is 0 Å². The number of ether oxygens (including phenoxy) is 1. The van der Waals surface area contributed by atoms with Crippen LogP contribution in [0.1, 0.15) is 26.7 Å². The molecule has 1 unspecified atom stereocenters. The Labute approximate surface area is 72.2 Å². The first kappa shape index (κ1) is 11.4. The molecular weight excluding hydrogens is 160 g/mol. The van der Waals surface area contributed by atoms with Gasteiger partial charge in [-0.1, -0.05) is 0 Å². The molecule has 0 spiro atoms. The summed E-state index contributed by atoms with van der Waals surface area (Å²) < 4.78 is 4.99. The summed E-state index contributed by atoms with van der Waals surface area (Å²) in [6.45, 7) is 4.12. The van der Waals surface area contributed by atoms with Gasteiger partial charge in [0.1, 0.15) is 0 Å². The number of hydrogen-bond acceptors (Lipinski definition) is 3. The van der Waals surface area contributed by atoms with Gasteiger partial charge in [-0.05, 0) is 20.3 Å². The lowest BCUT2D eigenvalue weighted by atomic mass is 10.0. The number of carbonyl (C=O) groups is 1. The van der Waals surface area contributed by atoms with Crippen molar-refractivity contribution in [3.63, 3.8) is 0 Å². The van der Waals surface area contributed by atoms with E-state index in [1.54, 1.807) is 6.92 Å². The number of carboxylic acids is 1. The molecule has 0 aromatic rings. The molecule has 0 rings (SSSR count). The van der Waals surface area contributed by atoms with E-state index >= 15 is 0 Å². The zero-order chi connectivity index (χ0) is 9.61. The molecule has 0 fully saturated rings. The first-order valence-electron chi connectivity index (χ1n) is 4.00. The highest BCUT2D eigenvalue weighted by molar-refractivity contribution is 5.66. The van der Waals surface area contributed by atoms with Crippen LogP contribution in [-0.2, 0) is 9.53 Å². The molecule has 0 aromatic heterocycles. The van der Waals surface area contributed by atoms with Crippen LogP contribution >= 0.6 is 0 Å². The van der Waals surface area contributed by atoms with Gasteiger partial charge in [-0.15, -0.1) is 0 Å². The average Bonchev–Trinajstić information content (AvgIpc) is 1.98. The Morgan fingerprint density at radius 1 is 1.58 bits per heavy atom. The molecule has 12 heavy (non-hydrogen) atoms. The van der Waals surface area contributed by atoms with Crippen LogP contribution in [0.25, 0.3) is 0 Å². The normalized spacial score (nSPS) is 15.6. The number of carboxylic acid groups (broad SMARTS) is 1. The summed E-state index contributed by atoms with van der Waals surface area (Å²) in [5.74, 6) is -0.897. The Morgan fingerprint density at radius 2 is 2.17 bits per heavy atom. The van der Waals surface area contributed by atoms with Crippen molar-refractivity contribution in [1.82, 2.24) is 0 Å². The fraction of sp³-hybridized carbons (Fsp3) is 0.875. The lowest BCUT2D eigenvalue weighted by molar-refractivity contribution is -0.139. The fourth-order valence-corrected chi connectivity index (χ4v) is 0.770. The van der Waals surface area contributed by atoms with Gasteiger partial charge in [0.05, 0.1) is 12.2 Å². The highest BCUT2D eigenvalue weighted by atomic mass is 16.5. The van der Waals surface area contributed by atoms with E-state index in [9.17, 15) is 9.90 Å². The smallest absolute Gasteiger partial charge is 0.303 e. The number of rotatable bonds is 6. The molecule has 0 aliphatic rings. The topological polar surface area (TPSA) is 66.8 Å². The molecule has 0 saturated heterocycles. The summed E-state index contributed by atoms with van der Waals surface area (Å²) in [7, 11) is 0. The third-order valence-electron chi connectivity index (χ3n) is 1.49. The molecule has 0 saturated carbocycles. The van der Waals surface area contributed by atoms with Crippen LogP contribution < -0.4 is 0 Å².